The highest BCUT2D eigenvalue weighted by Gasteiger charge is 2.36. The van der Waals surface area contributed by atoms with E-state index in [1.807, 2.05) is 24.6 Å². The Balaban J connectivity index is 1.53. The number of pyridine rings is 1. The molecule has 8 heteroatoms. The van der Waals surface area contributed by atoms with Crippen molar-refractivity contribution in [3.63, 3.8) is 0 Å². The molecule has 2 fully saturated rings. The molecule has 2 saturated carbocycles. The number of nitrogens with two attached hydrogens (primary N) is 1. The molecule has 0 atom stereocenters. The predicted octanol–water partition coefficient (Wildman–Crippen LogP) is 3.93. The van der Waals surface area contributed by atoms with Gasteiger partial charge in [0, 0.05) is 41.4 Å². The molecule has 2 N–H and O–H groups in total. The van der Waals surface area contributed by atoms with Crippen molar-refractivity contribution < 1.29 is 14.0 Å². The number of carbonyl (C=O) groups excluding carboxylic acids is 2. The van der Waals surface area contributed by atoms with Crippen LogP contribution in [0.3, 0.4) is 0 Å². The quantitative estimate of drug-likeness (QED) is 0.608. The molecule has 2 amide bonds. The van der Waals surface area contributed by atoms with E-state index in [2.05, 4.69) is 5.10 Å². The van der Waals surface area contributed by atoms with E-state index in [0.717, 1.165) is 48.5 Å². The first-order chi connectivity index (χ1) is 15.3. The Morgan fingerprint density at radius 3 is 2.56 bits per heavy atom. The third-order valence-electron chi connectivity index (χ3n) is 6.23. The maximum atomic E-state index is 14.7. The van der Waals surface area contributed by atoms with Crippen LogP contribution >= 0.6 is 0 Å². The number of fused-ring (bicyclic) bond motifs is 1. The number of hydrogen-bond donors (Lipinski definition) is 1. The Bertz CT molecular complexity index is 1230. The van der Waals surface area contributed by atoms with Gasteiger partial charge in [-0.3, -0.25) is 9.59 Å². The van der Waals surface area contributed by atoms with Gasteiger partial charge in [-0.15, -0.1) is 0 Å². The molecule has 0 bridgehead atoms. The second kappa shape index (κ2) is 7.69. The van der Waals surface area contributed by atoms with Gasteiger partial charge in [-0.2, -0.15) is 5.10 Å². The first-order valence-electron chi connectivity index (χ1n) is 11.1. The molecule has 0 saturated heterocycles. The maximum absolute atomic E-state index is 14.7. The highest BCUT2D eigenvalue weighted by atomic mass is 19.1. The largest absolute Gasteiger partial charge is 0.366 e. The lowest BCUT2D eigenvalue weighted by atomic mass is 10.1. The third-order valence-corrected chi connectivity index (χ3v) is 6.23. The summed E-state index contributed by atoms with van der Waals surface area (Å²) in [4.78, 5) is 31.7. The molecule has 166 valence electrons. The molecule has 1 aromatic carbocycles. The van der Waals surface area contributed by atoms with E-state index in [1.165, 1.54) is 12.1 Å². The van der Waals surface area contributed by atoms with E-state index in [1.54, 1.807) is 11.1 Å². The average Bonchev–Trinajstić information content (AvgIpc) is 3.68. The van der Waals surface area contributed by atoms with Gasteiger partial charge in [0.15, 0.2) is 5.65 Å². The van der Waals surface area contributed by atoms with Crippen LogP contribution in [-0.2, 0) is 6.54 Å². The standard InChI is InChI=1S/C24H26FN5O2/c1-13(2)30-23-19(11-27-30)18(10-21(28-23)14-3-4-14)24(32)29(17-7-8-17)12-16-6-5-15(22(26)31)9-20(16)25/h5-6,9-11,13-14,17H,3-4,7-8,12H2,1-2H3,(H2,26,31). The molecule has 3 aromatic rings. The van der Waals surface area contributed by atoms with Gasteiger partial charge in [-0.25, -0.2) is 14.1 Å². The highest BCUT2D eigenvalue weighted by Crippen LogP contribution is 2.41. The monoisotopic (exact) mass is 435 g/mol. The zero-order chi connectivity index (χ0) is 22.6. The summed E-state index contributed by atoms with van der Waals surface area (Å²) in [6.45, 7) is 4.21. The van der Waals surface area contributed by atoms with E-state index in [4.69, 9.17) is 10.7 Å². The van der Waals surface area contributed by atoms with Gasteiger partial charge in [0.25, 0.3) is 5.91 Å². The van der Waals surface area contributed by atoms with Crippen LogP contribution in [0, 0.1) is 5.82 Å². The lowest BCUT2D eigenvalue weighted by molar-refractivity contribution is 0.0729. The summed E-state index contributed by atoms with van der Waals surface area (Å²) >= 11 is 0. The number of amides is 2. The summed E-state index contributed by atoms with van der Waals surface area (Å²) in [6.07, 6.45) is 5.64. The molecule has 2 aliphatic rings. The molecule has 2 aromatic heterocycles. The van der Waals surface area contributed by atoms with Crippen LogP contribution in [0.2, 0.25) is 0 Å². The number of aromatic nitrogens is 3. The van der Waals surface area contributed by atoms with Gasteiger partial charge in [0.2, 0.25) is 5.91 Å². The molecular formula is C24H26FN5O2. The van der Waals surface area contributed by atoms with Gasteiger partial charge in [-0.05, 0) is 57.7 Å². The minimum absolute atomic E-state index is 0.0745. The molecule has 5 rings (SSSR count). The van der Waals surface area contributed by atoms with Crippen molar-refractivity contribution >= 4 is 22.8 Å². The van der Waals surface area contributed by atoms with Crippen LogP contribution in [0.5, 0.6) is 0 Å². The topological polar surface area (TPSA) is 94.1 Å². The fourth-order valence-electron chi connectivity index (χ4n) is 4.10. The normalized spacial score (nSPS) is 16.0. The van der Waals surface area contributed by atoms with Crippen LogP contribution in [-0.4, -0.2) is 37.5 Å². The van der Waals surface area contributed by atoms with Crippen molar-refractivity contribution in [2.75, 3.05) is 0 Å². The second-order valence-electron chi connectivity index (χ2n) is 9.12. The predicted molar refractivity (Wildman–Crippen MR) is 118 cm³/mol. The number of halogens is 1. The first-order valence-corrected chi connectivity index (χ1v) is 11.1. The molecule has 0 unspecified atom stereocenters. The number of nitrogens with zero attached hydrogens (tertiary/aromatic N) is 4. The fraction of sp³-hybridized carbons (Fsp3) is 0.417. The van der Waals surface area contributed by atoms with Gasteiger partial charge in [0.05, 0.1) is 17.1 Å². The van der Waals surface area contributed by atoms with E-state index >= 15 is 0 Å². The summed E-state index contributed by atoms with van der Waals surface area (Å²) < 4.78 is 16.5. The smallest absolute Gasteiger partial charge is 0.255 e. The van der Waals surface area contributed by atoms with Gasteiger partial charge >= 0.3 is 0 Å². The van der Waals surface area contributed by atoms with Gasteiger partial charge in [-0.1, -0.05) is 6.07 Å². The third kappa shape index (κ3) is 3.74. The van der Waals surface area contributed by atoms with Crippen molar-refractivity contribution in [3.05, 3.63) is 58.7 Å². The lowest BCUT2D eigenvalue weighted by Gasteiger charge is -2.24. The number of carbonyl (C=O) groups is 2. The first kappa shape index (κ1) is 20.6. The van der Waals surface area contributed by atoms with Crippen LogP contribution < -0.4 is 5.73 Å². The van der Waals surface area contributed by atoms with Crippen LogP contribution in [0.1, 0.15) is 83.5 Å². The van der Waals surface area contributed by atoms with Gasteiger partial charge in [0.1, 0.15) is 5.82 Å². The van der Waals surface area contributed by atoms with Crippen molar-refractivity contribution in [1.82, 2.24) is 19.7 Å². The summed E-state index contributed by atoms with van der Waals surface area (Å²) in [5.74, 6) is -0.969. The Labute approximate surface area is 185 Å². The van der Waals surface area contributed by atoms with Gasteiger partial charge < -0.3 is 10.6 Å². The number of rotatable bonds is 7. The lowest BCUT2D eigenvalue weighted by Crippen LogP contribution is -2.33. The Morgan fingerprint density at radius 2 is 1.97 bits per heavy atom. The maximum Gasteiger partial charge on any atom is 0.255 e. The minimum Gasteiger partial charge on any atom is -0.366 e. The minimum atomic E-state index is -0.681. The Hall–Kier alpha value is -3.29. The fourth-order valence-corrected chi connectivity index (χ4v) is 4.10. The molecular weight excluding hydrogens is 409 g/mol. The second-order valence-corrected chi connectivity index (χ2v) is 9.12. The molecule has 2 aliphatic carbocycles. The summed E-state index contributed by atoms with van der Waals surface area (Å²) in [5, 5.41) is 5.21. The zero-order valence-electron chi connectivity index (χ0n) is 18.2. The van der Waals surface area contributed by atoms with E-state index in [-0.39, 0.29) is 30.1 Å². The van der Waals surface area contributed by atoms with Crippen LogP contribution in [0.25, 0.3) is 11.0 Å². The van der Waals surface area contributed by atoms with Crippen LogP contribution in [0.4, 0.5) is 4.39 Å². The highest BCUT2D eigenvalue weighted by molar-refractivity contribution is 6.05. The van der Waals surface area contributed by atoms with Crippen molar-refractivity contribution in [2.45, 2.75) is 64.1 Å². The Kier molecular flexibility index (Phi) is 4.95. The number of benzene rings is 1. The molecule has 32 heavy (non-hydrogen) atoms. The van der Waals surface area contributed by atoms with E-state index < -0.39 is 11.7 Å². The van der Waals surface area contributed by atoms with Crippen molar-refractivity contribution in [3.8, 4) is 0 Å². The van der Waals surface area contributed by atoms with E-state index in [0.29, 0.717) is 17.0 Å². The molecule has 0 spiro atoms. The average molecular weight is 436 g/mol. The number of primary amides is 1. The van der Waals surface area contributed by atoms with E-state index in [9.17, 15) is 14.0 Å². The SMILES string of the molecule is CC(C)n1ncc2c(C(=O)N(Cc3ccc(C(N)=O)cc3F)C3CC3)cc(C3CC3)nc21. The number of hydrogen-bond acceptors (Lipinski definition) is 4. The summed E-state index contributed by atoms with van der Waals surface area (Å²) in [7, 11) is 0. The molecule has 7 nitrogen and oxygen atoms in total. The van der Waals surface area contributed by atoms with Crippen molar-refractivity contribution in [2.24, 2.45) is 5.73 Å². The Morgan fingerprint density at radius 1 is 1.22 bits per heavy atom. The summed E-state index contributed by atoms with van der Waals surface area (Å²) in [6, 6.07) is 6.26. The summed E-state index contributed by atoms with van der Waals surface area (Å²) in [5.41, 5.74) is 7.95. The van der Waals surface area contributed by atoms with Crippen molar-refractivity contribution in [1.29, 1.82) is 0 Å². The van der Waals surface area contributed by atoms with Crippen LogP contribution in [0.15, 0.2) is 30.5 Å². The molecule has 0 radical (unpaired) electrons. The molecule has 0 aliphatic heterocycles. The zero-order valence-corrected chi connectivity index (χ0v) is 18.2. The molecule has 2 heterocycles.